The Bertz CT molecular complexity index is 731. The molecule has 1 fully saturated rings. The van der Waals surface area contributed by atoms with Crippen LogP contribution in [0.5, 0.6) is 0 Å². The zero-order valence-corrected chi connectivity index (χ0v) is 11.5. The predicted molar refractivity (Wildman–Crippen MR) is 79.1 cm³/mol. The number of hydrogen-bond acceptors (Lipinski definition) is 5. The van der Waals surface area contributed by atoms with Gasteiger partial charge in [-0.2, -0.15) is 0 Å². The number of fused-ring (bicyclic) bond motifs is 1. The van der Waals surface area contributed by atoms with Crippen LogP contribution in [0.2, 0.25) is 0 Å². The van der Waals surface area contributed by atoms with Crippen LogP contribution in [0.25, 0.3) is 11.2 Å². The van der Waals surface area contributed by atoms with Crippen molar-refractivity contribution in [3.05, 3.63) is 36.9 Å². The van der Waals surface area contributed by atoms with Crippen molar-refractivity contribution in [1.29, 1.82) is 0 Å². The summed E-state index contributed by atoms with van der Waals surface area (Å²) in [5, 5.41) is 0. The summed E-state index contributed by atoms with van der Waals surface area (Å²) in [6, 6.07) is 6.02. The molecule has 1 aliphatic rings. The zero-order chi connectivity index (χ0) is 14.1. The third-order valence-electron chi connectivity index (χ3n) is 3.76. The number of H-pyrrole nitrogens is 2. The standard InChI is InChI=1S/C14H15N7/c1-2-4-15-12(3-1)20-5-7-21(8-6-20)14-16-9-11-13(19-14)18-10-17-11/h1-4,9-10H,5-8H2,(H,16,17,18,19)/p+1. The van der Waals surface area contributed by atoms with Gasteiger partial charge in [-0.3, -0.25) is 4.90 Å². The van der Waals surface area contributed by atoms with Gasteiger partial charge in [0.15, 0.2) is 0 Å². The highest BCUT2D eigenvalue weighted by Crippen LogP contribution is 2.15. The third kappa shape index (κ3) is 2.26. The fraction of sp³-hybridized carbons (Fsp3) is 0.286. The number of piperazine rings is 1. The molecule has 1 aliphatic heterocycles. The molecule has 3 aromatic rings. The molecule has 4 rings (SSSR count). The molecule has 0 atom stereocenters. The normalized spacial score (nSPS) is 15.6. The molecule has 106 valence electrons. The molecule has 7 nitrogen and oxygen atoms in total. The summed E-state index contributed by atoms with van der Waals surface area (Å²) in [5.74, 6) is 1.91. The average molecular weight is 282 g/mol. The average Bonchev–Trinajstić information content (AvgIpc) is 3.03. The third-order valence-corrected chi connectivity index (χ3v) is 3.76. The first-order valence-electron chi connectivity index (χ1n) is 7.03. The monoisotopic (exact) mass is 282 g/mol. The number of nitrogens with one attached hydrogen (secondary N) is 2. The van der Waals surface area contributed by atoms with Gasteiger partial charge in [0.2, 0.25) is 0 Å². The van der Waals surface area contributed by atoms with Crippen LogP contribution < -0.4 is 14.8 Å². The van der Waals surface area contributed by atoms with E-state index in [2.05, 4.69) is 40.8 Å². The molecule has 2 N–H and O–H groups in total. The summed E-state index contributed by atoms with van der Waals surface area (Å²) < 4.78 is 0. The summed E-state index contributed by atoms with van der Waals surface area (Å²) >= 11 is 0. The maximum absolute atomic E-state index is 4.55. The van der Waals surface area contributed by atoms with Gasteiger partial charge in [0.1, 0.15) is 11.3 Å². The van der Waals surface area contributed by atoms with E-state index in [-0.39, 0.29) is 0 Å². The Labute approximate surface area is 121 Å². The molecule has 0 saturated carbocycles. The summed E-state index contributed by atoms with van der Waals surface area (Å²) in [5.41, 5.74) is 1.67. The Morgan fingerprint density at radius 2 is 1.90 bits per heavy atom. The fourth-order valence-corrected chi connectivity index (χ4v) is 2.61. The topological polar surface area (TPSA) is 75.1 Å². The Hall–Kier alpha value is -2.70. The van der Waals surface area contributed by atoms with Crippen LogP contribution in [0.15, 0.2) is 36.9 Å². The van der Waals surface area contributed by atoms with Crippen LogP contribution in [-0.4, -0.2) is 46.1 Å². The Morgan fingerprint density at radius 3 is 2.71 bits per heavy atom. The van der Waals surface area contributed by atoms with E-state index in [0.717, 1.165) is 49.1 Å². The first kappa shape index (κ1) is 12.1. The quantitative estimate of drug-likeness (QED) is 0.740. The lowest BCUT2D eigenvalue weighted by atomic mass is 10.3. The number of aromatic nitrogens is 5. The second-order valence-corrected chi connectivity index (χ2v) is 5.03. The maximum Gasteiger partial charge on any atom is 0.393 e. The molecule has 3 aromatic heterocycles. The molecule has 0 aromatic carbocycles. The molecular weight excluding hydrogens is 266 g/mol. The summed E-state index contributed by atoms with van der Waals surface area (Å²) in [7, 11) is 0. The second kappa shape index (κ2) is 5.01. The lowest BCUT2D eigenvalue weighted by Gasteiger charge is -2.31. The molecule has 21 heavy (non-hydrogen) atoms. The molecule has 0 radical (unpaired) electrons. The Kier molecular flexibility index (Phi) is 2.88. The molecule has 4 heterocycles. The molecule has 0 bridgehead atoms. The van der Waals surface area contributed by atoms with Gasteiger partial charge < -0.3 is 9.88 Å². The largest absolute Gasteiger partial charge is 0.393 e. The molecule has 1 saturated heterocycles. The Morgan fingerprint density at radius 1 is 1.05 bits per heavy atom. The highest BCUT2D eigenvalue weighted by molar-refractivity contribution is 5.68. The van der Waals surface area contributed by atoms with Crippen LogP contribution in [-0.2, 0) is 0 Å². The van der Waals surface area contributed by atoms with E-state index < -0.39 is 0 Å². The summed E-state index contributed by atoms with van der Waals surface area (Å²) in [6.45, 7) is 3.70. The maximum atomic E-state index is 4.55. The second-order valence-electron chi connectivity index (χ2n) is 5.03. The van der Waals surface area contributed by atoms with Gasteiger partial charge in [-0.25, -0.2) is 15.0 Å². The highest BCUT2D eigenvalue weighted by Gasteiger charge is 2.25. The van der Waals surface area contributed by atoms with Gasteiger partial charge in [0.25, 0.3) is 5.65 Å². The van der Waals surface area contributed by atoms with Crippen molar-refractivity contribution in [2.24, 2.45) is 0 Å². The zero-order valence-electron chi connectivity index (χ0n) is 11.5. The number of aromatic amines is 2. The van der Waals surface area contributed by atoms with Gasteiger partial charge in [-0.1, -0.05) is 6.07 Å². The van der Waals surface area contributed by atoms with Crippen molar-refractivity contribution >= 4 is 22.9 Å². The smallest absolute Gasteiger partial charge is 0.350 e. The molecule has 0 spiro atoms. The first-order chi connectivity index (χ1) is 10.4. The minimum atomic E-state index is 0.746. The van der Waals surface area contributed by atoms with E-state index in [1.807, 2.05) is 24.5 Å². The van der Waals surface area contributed by atoms with Crippen LogP contribution >= 0.6 is 0 Å². The van der Waals surface area contributed by atoms with Crippen LogP contribution in [0.1, 0.15) is 0 Å². The van der Waals surface area contributed by atoms with Gasteiger partial charge in [0, 0.05) is 6.20 Å². The number of rotatable bonds is 2. The van der Waals surface area contributed by atoms with E-state index >= 15 is 0 Å². The van der Waals surface area contributed by atoms with Gasteiger partial charge >= 0.3 is 5.95 Å². The van der Waals surface area contributed by atoms with Crippen molar-refractivity contribution in [2.45, 2.75) is 0 Å². The number of hydrogen-bond donors (Lipinski definition) is 1. The van der Waals surface area contributed by atoms with Gasteiger partial charge in [-0.15, -0.1) is 0 Å². The van der Waals surface area contributed by atoms with Crippen LogP contribution in [0.4, 0.5) is 11.8 Å². The minimum Gasteiger partial charge on any atom is -0.350 e. The fourth-order valence-electron chi connectivity index (χ4n) is 2.61. The molecule has 0 amide bonds. The van der Waals surface area contributed by atoms with Gasteiger partial charge in [-0.05, 0) is 17.1 Å². The van der Waals surface area contributed by atoms with Crippen molar-refractivity contribution in [1.82, 2.24) is 19.9 Å². The highest BCUT2D eigenvalue weighted by atomic mass is 15.3. The number of pyridine rings is 1. The van der Waals surface area contributed by atoms with Crippen molar-refractivity contribution < 1.29 is 4.98 Å². The van der Waals surface area contributed by atoms with Crippen molar-refractivity contribution in [3.63, 3.8) is 0 Å². The number of anilines is 2. The lowest BCUT2D eigenvalue weighted by Crippen LogP contribution is -2.48. The predicted octanol–water partition coefficient (Wildman–Crippen LogP) is 0.494. The summed E-state index contributed by atoms with van der Waals surface area (Å²) in [4.78, 5) is 24.0. The molecular formula is C14H16N7+. The molecule has 0 unspecified atom stereocenters. The van der Waals surface area contributed by atoms with Crippen molar-refractivity contribution in [2.75, 3.05) is 36.0 Å². The van der Waals surface area contributed by atoms with Crippen LogP contribution in [0, 0.1) is 0 Å². The van der Waals surface area contributed by atoms with E-state index in [1.54, 1.807) is 6.33 Å². The summed E-state index contributed by atoms with van der Waals surface area (Å²) in [6.07, 6.45) is 5.41. The molecule has 7 heteroatoms. The van der Waals surface area contributed by atoms with E-state index in [1.165, 1.54) is 0 Å². The molecule has 0 aliphatic carbocycles. The van der Waals surface area contributed by atoms with E-state index in [9.17, 15) is 0 Å². The Balaban J connectivity index is 1.49. The van der Waals surface area contributed by atoms with Gasteiger partial charge in [0.05, 0.1) is 38.7 Å². The van der Waals surface area contributed by atoms with Crippen molar-refractivity contribution in [3.8, 4) is 0 Å². The number of nitrogens with zero attached hydrogens (tertiary/aromatic N) is 5. The first-order valence-corrected chi connectivity index (χ1v) is 7.03. The minimum absolute atomic E-state index is 0.746. The lowest BCUT2D eigenvalue weighted by molar-refractivity contribution is -0.366. The van der Waals surface area contributed by atoms with E-state index in [0.29, 0.717) is 0 Å². The van der Waals surface area contributed by atoms with Crippen LogP contribution in [0.3, 0.4) is 0 Å². The van der Waals surface area contributed by atoms with E-state index in [4.69, 9.17) is 0 Å². The SMILES string of the molecule is c1ccc(N2CCN(c3nc4nc[nH]c4c[nH+]3)CC2)nc1. The number of imidazole rings is 1.